The molecule has 0 bridgehead atoms. The third-order valence-corrected chi connectivity index (χ3v) is 5.30. The largest absolute Gasteiger partial charge is 0.380 e. The number of rotatable bonds is 3. The van der Waals surface area contributed by atoms with Crippen LogP contribution in [0.5, 0.6) is 0 Å². The Morgan fingerprint density at radius 2 is 1.88 bits per heavy atom. The molecule has 1 saturated heterocycles. The van der Waals surface area contributed by atoms with Crippen LogP contribution >= 0.6 is 0 Å². The van der Waals surface area contributed by atoms with Gasteiger partial charge in [-0.2, -0.15) is 0 Å². The summed E-state index contributed by atoms with van der Waals surface area (Å²) in [5.74, 6) is 1.40. The SMILES string of the molecule is CN(C)c1nc(-c2ccc(F)cc2)nc2c1CCN(C1CCOC1)CC2. The van der Waals surface area contributed by atoms with Gasteiger partial charge in [0.15, 0.2) is 5.82 Å². The number of nitrogens with zero attached hydrogens (tertiary/aromatic N) is 4. The summed E-state index contributed by atoms with van der Waals surface area (Å²) in [6, 6.07) is 6.94. The Morgan fingerprint density at radius 1 is 1.12 bits per heavy atom. The van der Waals surface area contributed by atoms with Crippen molar-refractivity contribution in [2.45, 2.75) is 25.3 Å². The first-order chi connectivity index (χ1) is 12.6. The molecule has 6 heteroatoms. The molecule has 1 atom stereocenters. The van der Waals surface area contributed by atoms with Crippen LogP contribution in [0, 0.1) is 5.82 Å². The van der Waals surface area contributed by atoms with Gasteiger partial charge >= 0.3 is 0 Å². The zero-order chi connectivity index (χ0) is 18.1. The zero-order valence-electron chi connectivity index (χ0n) is 15.4. The lowest BCUT2D eigenvalue weighted by atomic mass is 10.1. The van der Waals surface area contributed by atoms with E-state index in [1.807, 2.05) is 14.1 Å². The fraction of sp³-hybridized carbons (Fsp3) is 0.500. The van der Waals surface area contributed by atoms with Crippen molar-refractivity contribution in [3.8, 4) is 11.4 Å². The Labute approximate surface area is 153 Å². The first-order valence-electron chi connectivity index (χ1n) is 9.26. The summed E-state index contributed by atoms with van der Waals surface area (Å²) in [6.07, 6.45) is 2.97. The average molecular weight is 356 g/mol. The monoisotopic (exact) mass is 356 g/mol. The van der Waals surface area contributed by atoms with E-state index in [-0.39, 0.29) is 5.82 Å². The lowest BCUT2D eigenvalue weighted by Crippen LogP contribution is -2.37. The van der Waals surface area contributed by atoms with E-state index >= 15 is 0 Å². The van der Waals surface area contributed by atoms with E-state index < -0.39 is 0 Å². The van der Waals surface area contributed by atoms with Gasteiger partial charge < -0.3 is 9.64 Å². The molecule has 0 aliphatic carbocycles. The fourth-order valence-electron chi connectivity index (χ4n) is 3.87. The maximum atomic E-state index is 13.3. The first-order valence-corrected chi connectivity index (χ1v) is 9.26. The number of hydrogen-bond acceptors (Lipinski definition) is 5. The van der Waals surface area contributed by atoms with Gasteiger partial charge in [-0.3, -0.25) is 4.90 Å². The van der Waals surface area contributed by atoms with E-state index in [9.17, 15) is 4.39 Å². The molecule has 0 amide bonds. The minimum atomic E-state index is -0.245. The number of ether oxygens (including phenoxy) is 1. The number of aromatic nitrogens is 2. The molecule has 2 aliphatic rings. The molecule has 1 unspecified atom stereocenters. The summed E-state index contributed by atoms with van der Waals surface area (Å²) < 4.78 is 18.8. The third kappa shape index (κ3) is 3.44. The molecule has 4 rings (SSSR count). The van der Waals surface area contributed by atoms with Gasteiger partial charge in [0.2, 0.25) is 0 Å². The second-order valence-electron chi connectivity index (χ2n) is 7.25. The molecule has 0 radical (unpaired) electrons. The lowest BCUT2D eigenvalue weighted by Gasteiger charge is -2.25. The normalized spacial score (nSPS) is 20.7. The molecule has 2 aliphatic heterocycles. The Kier molecular flexibility index (Phi) is 4.87. The average Bonchev–Trinajstić information content (AvgIpc) is 3.08. The molecular weight excluding hydrogens is 331 g/mol. The van der Waals surface area contributed by atoms with Crippen LogP contribution in [0.1, 0.15) is 17.7 Å². The van der Waals surface area contributed by atoms with E-state index in [4.69, 9.17) is 14.7 Å². The highest BCUT2D eigenvalue weighted by molar-refractivity contribution is 5.60. The predicted molar refractivity (Wildman–Crippen MR) is 100.0 cm³/mol. The van der Waals surface area contributed by atoms with Gasteiger partial charge in [0.05, 0.1) is 12.3 Å². The summed E-state index contributed by atoms with van der Waals surface area (Å²) in [4.78, 5) is 14.2. The molecule has 5 nitrogen and oxygen atoms in total. The Morgan fingerprint density at radius 3 is 2.58 bits per heavy atom. The topological polar surface area (TPSA) is 41.5 Å². The zero-order valence-corrected chi connectivity index (χ0v) is 15.4. The third-order valence-electron chi connectivity index (χ3n) is 5.30. The van der Waals surface area contributed by atoms with Crippen LogP contribution in [0.15, 0.2) is 24.3 Å². The molecule has 0 saturated carbocycles. The predicted octanol–water partition coefficient (Wildman–Crippen LogP) is 2.54. The second kappa shape index (κ2) is 7.29. The summed E-state index contributed by atoms with van der Waals surface area (Å²) >= 11 is 0. The van der Waals surface area contributed by atoms with Gasteiger partial charge in [-0.25, -0.2) is 14.4 Å². The van der Waals surface area contributed by atoms with Gasteiger partial charge in [-0.15, -0.1) is 0 Å². The van der Waals surface area contributed by atoms with Crippen LogP contribution in [0.3, 0.4) is 0 Å². The van der Waals surface area contributed by atoms with Crippen molar-refractivity contribution >= 4 is 5.82 Å². The van der Waals surface area contributed by atoms with Crippen LogP contribution in [-0.4, -0.2) is 61.3 Å². The van der Waals surface area contributed by atoms with Crippen molar-refractivity contribution in [3.63, 3.8) is 0 Å². The molecule has 1 aromatic heterocycles. The molecular formula is C20H25FN4O. The lowest BCUT2D eigenvalue weighted by molar-refractivity contribution is 0.147. The number of fused-ring (bicyclic) bond motifs is 1. The van der Waals surface area contributed by atoms with Gasteiger partial charge in [0, 0.05) is 57.4 Å². The molecule has 26 heavy (non-hydrogen) atoms. The quantitative estimate of drug-likeness (QED) is 0.845. The summed E-state index contributed by atoms with van der Waals surface area (Å²) in [5, 5.41) is 0. The maximum absolute atomic E-state index is 13.3. The Balaban J connectivity index is 1.67. The van der Waals surface area contributed by atoms with Crippen LogP contribution < -0.4 is 4.90 Å². The minimum absolute atomic E-state index is 0.245. The number of halogens is 1. The fourth-order valence-corrected chi connectivity index (χ4v) is 3.87. The standard InChI is InChI=1S/C20H25FN4O/c1-24(2)20-17-7-10-25(16-9-12-26-13-16)11-8-18(17)22-19(23-20)14-3-5-15(21)6-4-14/h3-6,16H,7-13H2,1-2H3. The van der Waals surface area contributed by atoms with Crippen LogP contribution in [-0.2, 0) is 17.6 Å². The van der Waals surface area contributed by atoms with Crippen LogP contribution in [0.4, 0.5) is 10.2 Å². The molecule has 1 fully saturated rings. The van der Waals surface area contributed by atoms with Crippen molar-refractivity contribution < 1.29 is 9.13 Å². The van der Waals surface area contributed by atoms with E-state index in [0.717, 1.165) is 62.6 Å². The summed E-state index contributed by atoms with van der Waals surface area (Å²) in [5.41, 5.74) is 3.20. The number of anilines is 1. The molecule has 138 valence electrons. The van der Waals surface area contributed by atoms with Crippen molar-refractivity contribution in [2.24, 2.45) is 0 Å². The van der Waals surface area contributed by atoms with E-state index in [0.29, 0.717) is 11.9 Å². The minimum Gasteiger partial charge on any atom is -0.380 e. The van der Waals surface area contributed by atoms with E-state index in [1.165, 1.54) is 17.7 Å². The molecule has 1 aromatic carbocycles. The molecule has 0 spiro atoms. The molecule has 0 N–H and O–H groups in total. The van der Waals surface area contributed by atoms with Crippen molar-refractivity contribution in [1.82, 2.24) is 14.9 Å². The highest BCUT2D eigenvalue weighted by Gasteiger charge is 2.27. The van der Waals surface area contributed by atoms with Crippen LogP contribution in [0.2, 0.25) is 0 Å². The van der Waals surface area contributed by atoms with Crippen LogP contribution in [0.25, 0.3) is 11.4 Å². The molecule has 2 aromatic rings. The second-order valence-corrected chi connectivity index (χ2v) is 7.25. The first kappa shape index (κ1) is 17.4. The van der Waals surface area contributed by atoms with Crippen molar-refractivity contribution in [2.75, 3.05) is 45.3 Å². The van der Waals surface area contributed by atoms with Crippen molar-refractivity contribution in [3.05, 3.63) is 41.3 Å². The van der Waals surface area contributed by atoms with Gasteiger partial charge in [-0.05, 0) is 37.1 Å². The number of hydrogen-bond donors (Lipinski definition) is 0. The van der Waals surface area contributed by atoms with Gasteiger partial charge in [0.25, 0.3) is 0 Å². The Hall–Kier alpha value is -2.05. The van der Waals surface area contributed by atoms with E-state index in [2.05, 4.69) is 9.80 Å². The van der Waals surface area contributed by atoms with E-state index in [1.54, 1.807) is 12.1 Å². The van der Waals surface area contributed by atoms with Gasteiger partial charge in [0.1, 0.15) is 11.6 Å². The highest BCUT2D eigenvalue weighted by atomic mass is 19.1. The summed E-state index contributed by atoms with van der Waals surface area (Å²) in [6.45, 7) is 3.71. The highest BCUT2D eigenvalue weighted by Crippen LogP contribution is 2.28. The number of benzene rings is 1. The van der Waals surface area contributed by atoms with Gasteiger partial charge in [-0.1, -0.05) is 0 Å². The Bertz CT molecular complexity index is 772. The van der Waals surface area contributed by atoms with Crippen molar-refractivity contribution in [1.29, 1.82) is 0 Å². The summed E-state index contributed by atoms with van der Waals surface area (Å²) in [7, 11) is 4.04. The maximum Gasteiger partial charge on any atom is 0.161 e. The molecule has 3 heterocycles. The smallest absolute Gasteiger partial charge is 0.161 e.